The Labute approximate surface area is 87.0 Å². The summed E-state index contributed by atoms with van der Waals surface area (Å²) in [5.41, 5.74) is 0. The van der Waals surface area contributed by atoms with Gasteiger partial charge in [-0.2, -0.15) is 5.21 Å². The third-order valence-electron chi connectivity index (χ3n) is 2.52. The fraction of sp³-hybridized carbons (Fsp3) is 0.750. The zero-order valence-corrected chi connectivity index (χ0v) is 8.36. The van der Waals surface area contributed by atoms with Crippen LogP contribution < -0.4 is 10.6 Å². The molecule has 0 aliphatic carbocycles. The molecule has 1 amide bonds. The summed E-state index contributed by atoms with van der Waals surface area (Å²) in [4.78, 5) is 11.7. The van der Waals surface area contributed by atoms with E-state index in [2.05, 4.69) is 31.3 Å². The summed E-state index contributed by atoms with van der Waals surface area (Å²) in [6.45, 7) is 2.18. The minimum absolute atomic E-state index is 0.0845. The second kappa shape index (κ2) is 4.83. The molecular weight excluding hydrogens is 196 g/mol. The molecule has 1 aromatic rings. The number of nitrogens with one attached hydrogen (secondary N) is 3. The molecule has 2 heterocycles. The van der Waals surface area contributed by atoms with Gasteiger partial charge in [-0.1, -0.05) is 5.21 Å². The van der Waals surface area contributed by atoms with Crippen molar-refractivity contribution in [3.8, 4) is 0 Å². The van der Waals surface area contributed by atoms with Gasteiger partial charge in [0.15, 0.2) is 5.82 Å². The summed E-state index contributed by atoms with van der Waals surface area (Å²) in [5.74, 6) is 0.719. The normalized spacial score (nSPS) is 17.6. The van der Waals surface area contributed by atoms with Gasteiger partial charge in [-0.3, -0.25) is 4.79 Å². The largest absolute Gasteiger partial charge is 0.348 e. The first-order valence-electron chi connectivity index (χ1n) is 5.07. The first-order chi connectivity index (χ1) is 7.36. The van der Waals surface area contributed by atoms with Crippen LogP contribution in [0, 0.1) is 5.92 Å². The number of hydrogen-bond acceptors (Lipinski definition) is 5. The van der Waals surface area contributed by atoms with E-state index in [-0.39, 0.29) is 11.8 Å². The third kappa shape index (κ3) is 2.72. The number of rotatable bonds is 3. The van der Waals surface area contributed by atoms with E-state index in [0.29, 0.717) is 12.4 Å². The van der Waals surface area contributed by atoms with Gasteiger partial charge in [0.05, 0.1) is 6.54 Å². The van der Waals surface area contributed by atoms with Crippen molar-refractivity contribution in [1.82, 2.24) is 31.3 Å². The van der Waals surface area contributed by atoms with Gasteiger partial charge in [-0.15, -0.1) is 10.2 Å². The van der Waals surface area contributed by atoms with Crippen molar-refractivity contribution < 1.29 is 4.79 Å². The maximum atomic E-state index is 11.7. The maximum Gasteiger partial charge on any atom is 0.223 e. The van der Waals surface area contributed by atoms with E-state index < -0.39 is 0 Å². The Morgan fingerprint density at radius 3 is 2.93 bits per heavy atom. The van der Waals surface area contributed by atoms with Crippen LogP contribution in [0.25, 0.3) is 0 Å². The van der Waals surface area contributed by atoms with Gasteiger partial charge < -0.3 is 10.6 Å². The number of aromatic amines is 1. The van der Waals surface area contributed by atoms with Crippen LogP contribution in [0.3, 0.4) is 0 Å². The zero-order chi connectivity index (χ0) is 10.5. The number of amides is 1. The zero-order valence-electron chi connectivity index (χ0n) is 8.36. The number of H-pyrrole nitrogens is 1. The highest BCUT2D eigenvalue weighted by atomic mass is 16.1. The number of piperidine rings is 1. The first kappa shape index (κ1) is 10.0. The van der Waals surface area contributed by atoms with Gasteiger partial charge >= 0.3 is 0 Å². The van der Waals surface area contributed by atoms with Gasteiger partial charge in [0.2, 0.25) is 5.91 Å². The Bertz CT molecular complexity index is 305. The van der Waals surface area contributed by atoms with Crippen LogP contribution in [0.4, 0.5) is 0 Å². The van der Waals surface area contributed by atoms with Crippen LogP contribution in [0.1, 0.15) is 18.7 Å². The van der Waals surface area contributed by atoms with Crippen LogP contribution >= 0.6 is 0 Å². The van der Waals surface area contributed by atoms with Crippen LogP contribution in [0.15, 0.2) is 0 Å². The number of tetrazole rings is 1. The Balaban J connectivity index is 1.76. The quantitative estimate of drug-likeness (QED) is 0.583. The van der Waals surface area contributed by atoms with E-state index >= 15 is 0 Å². The SMILES string of the molecule is O=C(NCc1nn[nH]n1)C1CCNCC1. The lowest BCUT2D eigenvalue weighted by Crippen LogP contribution is -2.38. The highest BCUT2D eigenvalue weighted by Crippen LogP contribution is 2.11. The maximum absolute atomic E-state index is 11.7. The highest BCUT2D eigenvalue weighted by molar-refractivity contribution is 5.78. The Hall–Kier alpha value is -1.50. The van der Waals surface area contributed by atoms with Crippen LogP contribution in [-0.2, 0) is 11.3 Å². The van der Waals surface area contributed by atoms with Gasteiger partial charge in [0, 0.05) is 5.92 Å². The third-order valence-corrected chi connectivity index (χ3v) is 2.52. The molecule has 1 aliphatic heterocycles. The lowest BCUT2D eigenvalue weighted by Gasteiger charge is -2.21. The number of nitrogens with zero attached hydrogens (tertiary/aromatic N) is 3. The smallest absolute Gasteiger partial charge is 0.223 e. The van der Waals surface area contributed by atoms with Crippen molar-refractivity contribution in [1.29, 1.82) is 0 Å². The average molecular weight is 210 g/mol. The predicted molar refractivity (Wildman–Crippen MR) is 51.6 cm³/mol. The lowest BCUT2D eigenvalue weighted by molar-refractivity contribution is -0.125. The molecule has 0 radical (unpaired) electrons. The first-order valence-corrected chi connectivity index (χ1v) is 5.07. The second-order valence-electron chi connectivity index (χ2n) is 3.57. The predicted octanol–water partition coefficient (Wildman–Crippen LogP) is -1.18. The molecule has 15 heavy (non-hydrogen) atoms. The summed E-state index contributed by atoms with van der Waals surface area (Å²) in [6, 6.07) is 0. The number of aromatic nitrogens is 4. The summed E-state index contributed by atoms with van der Waals surface area (Å²) < 4.78 is 0. The molecule has 7 heteroatoms. The van der Waals surface area contributed by atoms with E-state index in [9.17, 15) is 4.79 Å². The molecule has 2 rings (SSSR count). The molecule has 0 bridgehead atoms. The van der Waals surface area contributed by atoms with Crippen molar-refractivity contribution in [3.05, 3.63) is 5.82 Å². The van der Waals surface area contributed by atoms with Crippen molar-refractivity contribution in [2.24, 2.45) is 5.92 Å². The standard InChI is InChI=1S/C8H14N6O/c15-8(6-1-3-9-4-2-6)10-5-7-11-13-14-12-7/h6,9H,1-5H2,(H,10,15)(H,11,12,13,14). The molecule has 1 saturated heterocycles. The fourth-order valence-corrected chi connectivity index (χ4v) is 1.65. The molecule has 3 N–H and O–H groups in total. The Morgan fingerprint density at radius 1 is 1.47 bits per heavy atom. The molecule has 0 saturated carbocycles. The van der Waals surface area contributed by atoms with E-state index in [1.54, 1.807) is 0 Å². The molecule has 0 atom stereocenters. The molecule has 1 aliphatic rings. The van der Waals surface area contributed by atoms with Crippen molar-refractivity contribution in [2.75, 3.05) is 13.1 Å². The molecule has 7 nitrogen and oxygen atoms in total. The second-order valence-corrected chi connectivity index (χ2v) is 3.57. The minimum atomic E-state index is 0.0845. The van der Waals surface area contributed by atoms with E-state index in [0.717, 1.165) is 25.9 Å². The Morgan fingerprint density at radius 2 is 2.27 bits per heavy atom. The van der Waals surface area contributed by atoms with E-state index in [4.69, 9.17) is 0 Å². The van der Waals surface area contributed by atoms with Gasteiger partial charge in [0.25, 0.3) is 0 Å². The number of carbonyl (C=O) groups excluding carboxylic acids is 1. The van der Waals surface area contributed by atoms with Gasteiger partial charge in [-0.05, 0) is 25.9 Å². The molecule has 82 valence electrons. The monoisotopic (exact) mass is 210 g/mol. The van der Waals surface area contributed by atoms with Crippen molar-refractivity contribution in [2.45, 2.75) is 19.4 Å². The lowest BCUT2D eigenvalue weighted by atomic mass is 9.97. The molecular formula is C8H14N6O. The van der Waals surface area contributed by atoms with Crippen LogP contribution in [0.5, 0.6) is 0 Å². The molecule has 1 fully saturated rings. The summed E-state index contributed by atoms with van der Waals surface area (Å²) >= 11 is 0. The highest BCUT2D eigenvalue weighted by Gasteiger charge is 2.20. The summed E-state index contributed by atoms with van der Waals surface area (Å²) in [7, 11) is 0. The summed E-state index contributed by atoms with van der Waals surface area (Å²) in [5, 5.41) is 19.3. The van der Waals surface area contributed by atoms with Crippen molar-refractivity contribution >= 4 is 5.91 Å². The van der Waals surface area contributed by atoms with E-state index in [1.807, 2.05) is 0 Å². The van der Waals surface area contributed by atoms with Crippen LogP contribution in [0.2, 0.25) is 0 Å². The van der Waals surface area contributed by atoms with Crippen LogP contribution in [-0.4, -0.2) is 39.6 Å². The molecule has 0 aromatic carbocycles. The Kier molecular flexibility index (Phi) is 3.23. The minimum Gasteiger partial charge on any atom is -0.348 e. The number of carbonyl (C=O) groups is 1. The van der Waals surface area contributed by atoms with Crippen molar-refractivity contribution in [3.63, 3.8) is 0 Å². The molecule has 1 aromatic heterocycles. The average Bonchev–Trinajstić information content (AvgIpc) is 2.80. The molecule has 0 spiro atoms. The number of hydrogen-bond donors (Lipinski definition) is 3. The van der Waals surface area contributed by atoms with Gasteiger partial charge in [0.1, 0.15) is 0 Å². The topological polar surface area (TPSA) is 95.6 Å². The fourth-order valence-electron chi connectivity index (χ4n) is 1.65. The van der Waals surface area contributed by atoms with E-state index in [1.165, 1.54) is 0 Å². The molecule has 0 unspecified atom stereocenters. The summed E-state index contributed by atoms with van der Waals surface area (Å²) in [6.07, 6.45) is 1.80. The van der Waals surface area contributed by atoms with Gasteiger partial charge in [-0.25, -0.2) is 0 Å².